The highest BCUT2D eigenvalue weighted by atomic mass is 16.1. The summed E-state index contributed by atoms with van der Waals surface area (Å²) in [5.41, 5.74) is 1.43. The summed E-state index contributed by atoms with van der Waals surface area (Å²) in [5.74, 6) is 1.84. The summed E-state index contributed by atoms with van der Waals surface area (Å²) in [6.07, 6.45) is 4.48. The normalized spacial score (nSPS) is 24.6. The lowest BCUT2D eigenvalue weighted by atomic mass is 9.70. The SMILES string of the molecule is CC(=O)CC1CC(Cc2ccccc2)C1. The Hall–Kier alpha value is -1.11. The van der Waals surface area contributed by atoms with E-state index in [-0.39, 0.29) is 0 Å². The third-order valence-corrected chi connectivity index (χ3v) is 3.28. The first-order chi connectivity index (χ1) is 7.24. The van der Waals surface area contributed by atoms with Gasteiger partial charge in [-0.2, -0.15) is 0 Å². The van der Waals surface area contributed by atoms with Crippen LogP contribution in [0.25, 0.3) is 0 Å². The Labute approximate surface area is 91.5 Å². The standard InChI is InChI=1S/C14H18O/c1-11(15)7-13-9-14(10-13)8-12-5-3-2-4-6-12/h2-6,13-14H,7-10H2,1H3. The molecule has 0 N–H and O–H groups in total. The number of benzene rings is 1. The van der Waals surface area contributed by atoms with Crippen LogP contribution >= 0.6 is 0 Å². The van der Waals surface area contributed by atoms with Crippen LogP contribution in [0, 0.1) is 11.8 Å². The van der Waals surface area contributed by atoms with Gasteiger partial charge in [0.05, 0.1) is 0 Å². The topological polar surface area (TPSA) is 17.1 Å². The predicted octanol–water partition coefficient (Wildman–Crippen LogP) is 3.23. The number of rotatable bonds is 4. The lowest BCUT2D eigenvalue weighted by Gasteiger charge is -2.35. The van der Waals surface area contributed by atoms with Crippen LogP contribution in [-0.2, 0) is 11.2 Å². The van der Waals surface area contributed by atoms with Gasteiger partial charge >= 0.3 is 0 Å². The van der Waals surface area contributed by atoms with Gasteiger partial charge in [-0.15, -0.1) is 0 Å². The molecular weight excluding hydrogens is 184 g/mol. The number of Topliss-reactive ketones (excluding diaryl/α,β-unsaturated/α-hetero) is 1. The third kappa shape index (κ3) is 2.92. The van der Waals surface area contributed by atoms with Crippen LogP contribution in [0.5, 0.6) is 0 Å². The first-order valence-corrected chi connectivity index (χ1v) is 5.77. The van der Waals surface area contributed by atoms with Gasteiger partial charge in [-0.1, -0.05) is 30.3 Å². The highest BCUT2D eigenvalue weighted by Gasteiger charge is 2.29. The van der Waals surface area contributed by atoms with Crippen molar-refractivity contribution in [2.75, 3.05) is 0 Å². The molecule has 1 fully saturated rings. The summed E-state index contributed by atoms with van der Waals surface area (Å²) in [5, 5.41) is 0. The molecule has 0 aromatic heterocycles. The highest BCUT2D eigenvalue weighted by Crippen LogP contribution is 2.38. The summed E-state index contributed by atoms with van der Waals surface area (Å²) >= 11 is 0. The maximum atomic E-state index is 10.9. The van der Waals surface area contributed by atoms with Crippen molar-refractivity contribution in [3.8, 4) is 0 Å². The smallest absolute Gasteiger partial charge is 0.130 e. The van der Waals surface area contributed by atoms with Crippen LogP contribution in [0.4, 0.5) is 0 Å². The fourth-order valence-corrected chi connectivity index (χ4v) is 2.56. The van der Waals surface area contributed by atoms with Crippen molar-refractivity contribution >= 4 is 5.78 Å². The molecule has 0 radical (unpaired) electrons. The van der Waals surface area contributed by atoms with E-state index < -0.39 is 0 Å². The van der Waals surface area contributed by atoms with Gasteiger partial charge in [-0.25, -0.2) is 0 Å². The Balaban J connectivity index is 1.74. The van der Waals surface area contributed by atoms with E-state index >= 15 is 0 Å². The first-order valence-electron chi connectivity index (χ1n) is 5.77. The molecule has 1 saturated carbocycles. The molecule has 0 spiro atoms. The lowest BCUT2D eigenvalue weighted by Crippen LogP contribution is -2.26. The number of carbonyl (C=O) groups excluding carboxylic acids is 1. The van der Waals surface area contributed by atoms with Crippen LogP contribution in [0.2, 0.25) is 0 Å². The van der Waals surface area contributed by atoms with Crippen molar-refractivity contribution in [1.29, 1.82) is 0 Å². The second kappa shape index (κ2) is 4.61. The molecule has 0 atom stereocenters. The number of carbonyl (C=O) groups is 1. The van der Waals surface area contributed by atoms with Crippen molar-refractivity contribution in [2.24, 2.45) is 11.8 Å². The summed E-state index contributed by atoms with van der Waals surface area (Å²) in [6.45, 7) is 1.70. The van der Waals surface area contributed by atoms with Crippen molar-refractivity contribution < 1.29 is 4.79 Å². The zero-order valence-electron chi connectivity index (χ0n) is 9.28. The Morgan fingerprint density at radius 3 is 2.47 bits per heavy atom. The van der Waals surface area contributed by atoms with E-state index in [0.29, 0.717) is 11.7 Å². The molecule has 1 nitrogen and oxygen atoms in total. The number of ketones is 1. The van der Waals surface area contributed by atoms with Gasteiger partial charge < -0.3 is 4.79 Å². The van der Waals surface area contributed by atoms with Crippen LogP contribution in [-0.4, -0.2) is 5.78 Å². The van der Waals surface area contributed by atoms with E-state index in [1.807, 2.05) is 0 Å². The molecule has 0 amide bonds. The summed E-state index contributed by atoms with van der Waals surface area (Å²) in [4.78, 5) is 10.9. The van der Waals surface area contributed by atoms with E-state index in [9.17, 15) is 4.79 Å². The third-order valence-electron chi connectivity index (χ3n) is 3.28. The summed E-state index contributed by atoms with van der Waals surface area (Å²) in [6, 6.07) is 10.6. The van der Waals surface area contributed by atoms with Crippen molar-refractivity contribution in [3.63, 3.8) is 0 Å². The van der Waals surface area contributed by atoms with E-state index in [2.05, 4.69) is 30.3 Å². The molecule has 0 heterocycles. The second-order valence-electron chi connectivity index (χ2n) is 4.80. The fourth-order valence-electron chi connectivity index (χ4n) is 2.56. The van der Waals surface area contributed by atoms with Crippen molar-refractivity contribution in [1.82, 2.24) is 0 Å². The minimum Gasteiger partial charge on any atom is -0.300 e. The average molecular weight is 202 g/mol. The molecule has 0 bridgehead atoms. The van der Waals surface area contributed by atoms with Gasteiger partial charge in [-0.05, 0) is 43.6 Å². The van der Waals surface area contributed by atoms with E-state index in [0.717, 1.165) is 12.3 Å². The molecule has 1 aliphatic carbocycles. The zero-order chi connectivity index (χ0) is 10.7. The maximum absolute atomic E-state index is 10.9. The zero-order valence-corrected chi connectivity index (χ0v) is 9.28. The van der Waals surface area contributed by atoms with Crippen LogP contribution in [0.1, 0.15) is 31.7 Å². The molecule has 2 rings (SSSR count). The Kier molecular flexibility index (Phi) is 3.20. The molecule has 80 valence electrons. The molecule has 1 aromatic rings. The summed E-state index contributed by atoms with van der Waals surface area (Å²) < 4.78 is 0. The largest absolute Gasteiger partial charge is 0.300 e. The molecule has 0 unspecified atom stereocenters. The predicted molar refractivity (Wildman–Crippen MR) is 61.7 cm³/mol. The quantitative estimate of drug-likeness (QED) is 0.732. The van der Waals surface area contributed by atoms with Gasteiger partial charge in [0, 0.05) is 6.42 Å². The van der Waals surface area contributed by atoms with Crippen molar-refractivity contribution in [3.05, 3.63) is 35.9 Å². The van der Waals surface area contributed by atoms with Crippen LogP contribution in [0.15, 0.2) is 30.3 Å². The highest BCUT2D eigenvalue weighted by molar-refractivity contribution is 5.75. The van der Waals surface area contributed by atoms with E-state index in [1.54, 1.807) is 6.92 Å². The Morgan fingerprint density at radius 2 is 1.87 bits per heavy atom. The Morgan fingerprint density at radius 1 is 1.20 bits per heavy atom. The molecule has 1 heteroatoms. The lowest BCUT2D eigenvalue weighted by molar-refractivity contribution is -0.118. The molecule has 0 aliphatic heterocycles. The molecular formula is C14H18O. The molecule has 1 aromatic carbocycles. The molecule has 15 heavy (non-hydrogen) atoms. The minimum absolute atomic E-state index is 0.346. The summed E-state index contributed by atoms with van der Waals surface area (Å²) in [7, 11) is 0. The van der Waals surface area contributed by atoms with Gasteiger partial charge in [0.2, 0.25) is 0 Å². The van der Waals surface area contributed by atoms with Gasteiger partial charge in [0.25, 0.3) is 0 Å². The number of hydrogen-bond acceptors (Lipinski definition) is 1. The first kappa shape index (κ1) is 10.4. The average Bonchev–Trinajstić information content (AvgIpc) is 2.15. The molecule has 0 saturated heterocycles. The van der Waals surface area contributed by atoms with Gasteiger partial charge in [0.15, 0.2) is 0 Å². The van der Waals surface area contributed by atoms with E-state index in [1.165, 1.54) is 24.8 Å². The second-order valence-corrected chi connectivity index (χ2v) is 4.80. The maximum Gasteiger partial charge on any atom is 0.130 e. The van der Waals surface area contributed by atoms with E-state index in [4.69, 9.17) is 0 Å². The fraction of sp³-hybridized carbons (Fsp3) is 0.500. The van der Waals surface area contributed by atoms with Crippen LogP contribution in [0.3, 0.4) is 0 Å². The van der Waals surface area contributed by atoms with Gasteiger partial charge in [0.1, 0.15) is 5.78 Å². The van der Waals surface area contributed by atoms with Gasteiger partial charge in [-0.3, -0.25) is 0 Å². The number of hydrogen-bond donors (Lipinski definition) is 0. The molecule has 1 aliphatic rings. The van der Waals surface area contributed by atoms with Crippen LogP contribution < -0.4 is 0 Å². The van der Waals surface area contributed by atoms with Crippen molar-refractivity contribution in [2.45, 2.75) is 32.6 Å². The Bertz CT molecular complexity index is 322. The minimum atomic E-state index is 0.346. The monoisotopic (exact) mass is 202 g/mol.